The second kappa shape index (κ2) is 7.94. The van der Waals surface area contributed by atoms with Crippen molar-refractivity contribution in [2.75, 3.05) is 22.0 Å². The molecule has 150 valence electrons. The third-order valence-electron chi connectivity index (χ3n) is 4.24. The van der Waals surface area contributed by atoms with Crippen LogP contribution in [0.1, 0.15) is 18.9 Å². The quantitative estimate of drug-likeness (QED) is 0.567. The van der Waals surface area contributed by atoms with Crippen molar-refractivity contribution in [1.82, 2.24) is 0 Å². The summed E-state index contributed by atoms with van der Waals surface area (Å²) in [5.41, 5.74) is 1.54. The van der Waals surface area contributed by atoms with Gasteiger partial charge in [0.25, 0.3) is 10.0 Å². The Hall–Kier alpha value is -2.36. The Balaban J connectivity index is 2.04. The van der Waals surface area contributed by atoms with Crippen LogP contribution in [0, 0.1) is 5.82 Å². The Bertz CT molecular complexity index is 1030. The molecule has 7 nitrogen and oxygen atoms in total. The van der Waals surface area contributed by atoms with Gasteiger partial charge in [-0.15, -0.1) is 0 Å². The number of aryl methyl sites for hydroxylation is 1. The monoisotopic (exact) mass is 427 g/mol. The molecule has 3 rings (SSSR count). The van der Waals surface area contributed by atoms with Gasteiger partial charge in [0.1, 0.15) is 10.7 Å². The van der Waals surface area contributed by atoms with Crippen molar-refractivity contribution in [3.05, 3.63) is 46.7 Å². The Morgan fingerprint density at radius 1 is 1.29 bits per heavy atom. The van der Waals surface area contributed by atoms with E-state index in [4.69, 9.17) is 11.6 Å². The molecule has 0 saturated carbocycles. The molecule has 4 N–H and O–H groups in total. The second-order valence-corrected chi connectivity index (χ2v) is 8.57. The molecule has 0 saturated heterocycles. The second-order valence-electron chi connectivity index (χ2n) is 6.52. The van der Waals surface area contributed by atoms with Gasteiger partial charge in [-0.05, 0) is 49.2 Å². The highest BCUT2D eigenvalue weighted by Gasteiger charge is 2.25. The predicted molar refractivity (Wildman–Crippen MR) is 106 cm³/mol. The molecule has 0 spiro atoms. The number of benzene rings is 2. The van der Waals surface area contributed by atoms with Gasteiger partial charge in [0.05, 0.1) is 23.0 Å². The maximum absolute atomic E-state index is 13.3. The Morgan fingerprint density at radius 3 is 2.71 bits per heavy atom. The first-order valence-electron chi connectivity index (χ1n) is 8.51. The number of sulfonamides is 1. The molecule has 0 radical (unpaired) electrons. The first-order chi connectivity index (χ1) is 13.2. The third kappa shape index (κ3) is 4.37. The van der Waals surface area contributed by atoms with Crippen molar-refractivity contribution in [2.24, 2.45) is 0 Å². The first kappa shape index (κ1) is 20.4. The van der Waals surface area contributed by atoms with Gasteiger partial charge >= 0.3 is 0 Å². The fourth-order valence-electron chi connectivity index (χ4n) is 2.82. The molecule has 10 heteroatoms. The van der Waals surface area contributed by atoms with Gasteiger partial charge in [0.2, 0.25) is 5.91 Å². The Morgan fingerprint density at radius 2 is 2.04 bits per heavy atom. The van der Waals surface area contributed by atoms with E-state index in [-0.39, 0.29) is 40.2 Å². The Labute approximate surface area is 167 Å². The number of carbonyl (C=O) groups excluding carboxylic acids is 1. The van der Waals surface area contributed by atoms with Crippen LogP contribution >= 0.6 is 11.6 Å². The average Bonchev–Trinajstić information content (AvgIpc) is 2.63. The highest BCUT2D eigenvalue weighted by atomic mass is 35.5. The van der Waals surface area contributed by atoms with Gasteiger partial charge in [-0.1, -0.05) is 11.6 Å². The fourth-order valence-corrected chi connectivity index (χ4v) is 4.25. The minimum atomic E-state index is -4.06. The third-order valence-corrected chi connectivity index (χ3v) is 5.95. The zero-order valence-corrected chi connectivity index (χ0v) is 16.5. The maximum Gasteiger partial charge on any atom is 0.263 e. The van der Waals surface area contributed by atoms with Crippen molar-refractivity contribution in [1.29, 1.82) is 0 Å². The van der Waals surface area contributed by atoms with E-state index in [0.29, 0.717) is 17.7 Å². The van der Waals surface area contributed by atoms with E-state index in [1.807, 2.05) is 0 Å². The summed E-state index contributed by atoms with van der Waals surface area (Å²) < 4.78 is 41.7. The number of aliphatic hydroxyl groups is 1. The molecular formula is C18H19ClFN3O4S. The molecule has 0 fully saturated rings. The van der Waals surface area contributed by atoms with Crippen molar-refractivity contribution < 1.29 is 22.7 Å². The molecule has 0 bridgehead atoms. The van der Waals surface area contributed by atoms with Crippen LogP contribution in [0.3, 0.4) is 0 Å². The van der Waals surface area contributed by atoms with Crippen LogP contribution in [-0.4, -0.2) is 32.1 Å². The number of fused-ring (bicyclic) bond motifs is 1. The van der Waals surface area contributed by atoms with Crippen molar-refractivity contribution in [3.8, 4) is 0 Å². The number of amides is 1. The molecule has 1 aliphatic rings. The van der Waals surface area contributed by atoms with Crippen LogP contribution in [0.15, 0.2) is 35.2 Å². The van der Waals surface area contributed by atoms with Crippen LogP contribution in [-0.2, 0) is 21.2 Å². The highest BCUT2D eigenvalue weighted by molar-refractivity contribution is 7.92. The summed E-state index contributed by atoms with van der Waals surface area (Å²) in [5.74, 6) is -0.809. The van der Waals surface area contributed by atoms with E-state index in [0.717, 1.165) is 6.07 Å². The summed E-state index contributed by atoms with van der Waals surface area (Å²) in [6.07, 6.45) is 0.662. The van der Waals surface area contributed by atoms with E-state index in [9.17, 15) is 22.7 Å². The van der Waals surface area contributed by atoms with Gasteiger partial charge in [0.15, 0.2) is 0 Å². The molecule has 0 aliphatic carbocycles. The number of rotatable bonds is 6. The summed E-state index contributed by atoms with van der Waals surface area (Å²) in [4.78, 5) is 11.6. The number of hydrogen-bond acceptors (Lipinski definition) is 5. The fraction of sp³-hybridized carbons (Fsp3) is 0.278. The molecule has 0 aromatic heterocycles. The highest BCUT2D eigenvalue weighted by Crippen LogP contribution is 2.34. The lowest BCUT2D eigenvalue weighted by atomic mass is 10.0. The largest absolute Gasteiger partial charge is 0.394 e. The summed E-state index contributed by atoms with van der Waals surface area (Å²) >= 11 is 5.73. The first-order valence-corrected chi connectivity index (χ1v) is 10.4. The predicted octanol–water partition coefficient (Wildman–Crippen LogP) is 2.96. The number of anilines is 3. The van der Waals surface area contributed by atoms with Crippen molar-refractivity contribution >= 4 is 44.6 Å². The minimum Gasteiger partial charge on any atom is -0.394 e. The normalized spacial score (nSPS) is 14.8. The van der Waals surface area contributed by atoms with Crippen LogP contribution < -0.4 is 15.4 Å². The molecule has 2 aromatic rings. The molecule has 1 atom stereocenters. The topological polar surface area (TPSA) is 108 Å². The average molecular weight is 428 g/mol. The minimum absolute atomic E-state index is 0.0526. The molecular weight excluding hydrogens is 409 g/mol. The van der Waals surface area contributed by atoms with E-state index >= 15 is 0 Å². The molecule has 28 heavy (non-hydrogen) atoms. The number of hydrogen-bond donors (Lipinski definition) is 4. The summed E-state index contributed by atoms with van der Waals surface area (Å²) in [6.45, 7) is 1.46. The summed E-state index contributed by atoms with van der Waals surface area (Å²) in [6, 6.07) is 6.10. The summed E-state index contributed by atoms with van der Waals surface area (Å²) in [5, 5.41) is 14.8. The van der Waals surface area contributed by atoms with E-state index in [2.05, 4.69) is 15.4 Å². The lowest BCUT2D eigenvalue weighted by Crippen LogP contribution is -2.25. The molecule has 1 heterocycles. The van der Waals surface area contributed by atoms with Crippen LogP contribution in [0.2, 0.25) is 5.02 Å². The van der Waals surface area contributed by atoms with E-state index < -0.39 is 21.9 Å². The number of aliphatic hydroxyl groups excluding tert-OH is 1. The molecule has 2 aromatic carbocycles. The van der Waals surface area contributed by atoms with Crippen LogP contribution in [0.25, 0.3) is 0 Å². The van der Waals surface area contributed by atoms with Crippen LogP contribution in [0.5, 0.6) is 0 Å². The van der Waals surface area contributed by atoms with Crippen molar-refractivity contribution in [3.63, 3.8) is 0 Å². The van der Waals surface area contributed by atoms with Gasteiger partial charge in [-0.3, -0.25) is 9.52 Å². The number of carbonyl (C=O) groups is 1. The van der Waals surface area contributed by atoms with E-state index in [1.165, 1.54) is 24.3 Å². The SMILES string of the molecule is CC(CO)Nc1cc2c(cc1S(=O)(=O)Nc1ccc(F)c(Cl)c1)CCC(=O)N2. The standard InChI is InChI=1S/C18H19ClFN3O4S/c1-10(9-24)21-16-8-15-11(2-5-18(25)22-15)6-17(16)28(26,27)23-12-3-4-14(20)13(19)7-12/h3-4,6-8,10,21,23-24H,2,5,9H2,1H3,(H,22,25). The molecule has 1 unspecified atom stereocenters. The zero-order chi connectivity index (χ0) is 20.5. The smallest absolute Gasteiger partial charge is 0.263 e. The lowest BCUT2D eigenvalue weighted by Gasteiger charge is -2.23. The summed E-state index contributed by atoms with van der Waals surface area (Å²) in [7, 11) is -4.06. The lowest BCUT2D eigenvalue weighted by molar-refractivity contribution is -0.116. The molecule has 1 aliphatic heterocycles. The Kier molecular flexibility index (Phi) is 5.78. The van der Waals surface area contributed by atoms with Crippen LogP contribution in [0.4, 0.5) is 21.5 Å². The molecule has 1 amide bonds. The zero-order valence-electron chi connectivity index (χ0n) is 14.9. The number of halogens is 2. The maximum atomic E-state index is 13.3. The van der Waals surface area contributed by atoms with Crippen molar-refractivity contribution in [2.45, 2.75) is 30.7 Å². The van der Waals surface area contributed by atoms with Gasteiger partial charge < -0.3 is 15.7 Å². The number of nitrogens with one attached hydrogen (secondary N) is 3. The van der Waals surface area contributed by atoms with Gasteiger partial charge in [0, 0.05) is 18.2 Å². The van der Waals surface area contributed by atoms with Gasteiger partial charge in [-0.2, -0.15) is 0 Å². The van der Waals surface area contributed by atoms with Gasteiger partial charge in [-0.25, -0.2) is 12.8 Å². The van der Waals surface area contributed by atoms with E-state index in [1.54, 1.807) is 6.92 Å².